The van der Waals surface area contributed by atoms with Crippen LogP contribution in [0.4, 0.5) is 5.95 Å². The van der Waals surface area contributed by atoms with E-state index in [1.54, 1.807) is 18.2 Å². The van der Waals surface area contributed by atoms with Gasteiger partial charge < -0.3 is 24.3 Å². The molecule has 0 aromatic carbocycles. The number of carbonyl (C=O) groups is 1. The molecular formula is C23H27N7O2. The van der Waals surface area contributed by atoms with Crippen LogP contribution < -0.4 is 10.1 Å². The zero-order valence-electron chi connectivity index (χ0n) is 18.5. The Kier molecular flexibility index (Phi) is 5.16. The van der Waals surface area contributed by atoms with Crippen LogP contribution in [0.3, 0.4) is 0 Å². The molecule has 9 heteroatoms. The minimum atomic E-state index is 0.111. The molecule has 0 atom stereocenters. The molecule has 2 N–H and O–H groups in total. The highest BCUT2D eigenvalue weighted by Crippen LogP contribution is 2.35. The lowest BCUT2D eigenvalue weighted by Gasteiger charge is -2.29. The number of methoxy groups -OCH3 is 1. The van der Waals surface area contributed by atoms with Crippen LogP contribution in [0.2, 0.25) is 0 Å². The molecule has 4 heterocycles. The number of nitrogens with zero attached hydrogens (tertiary/aromatic N) is 5. The molecule has 0 spiro atoms. The first-order valence-electron chi connectivity index (χ1n) is 10.9. The summed E-state index contributed by atoms with van der Waals surface area (Å²) in [6.45, 7) is 0. The summed E-state index contributed by atoms with van der Waals surface area (Å²) in [5, 5.41) is 4.29. The summed E-state index contributed by atoms with van der Waals surface area (Å²) in [6, 6.07) is 4.25. The van der Waals surface area contributed by atoms with Crippen LogP contribution in [0.1, 0.15) is 25.7 Å². The van der Waals surface area contributed by atoms with Crippen LogP contribution >= 0.6 is 0 Å². The number of ether oxygens (including phenoxy) is 1. The Hall–Kier alpha value is -3.62. The topological polar surface area (TPSA) is 100 Å². The Bertz CT molecular complexity index is 1270. The van der Waals surface area contributed by atoms with Crippen molar-refractivity contribution in [3.63, 3.8) is 0 Å². The zero-order valence-corrected chi connectivity index (χ0v) is 18.5. The molecule has 4 aromatic rings. The van der Waals surface area contributed by atoms with Gasteiger partial charge in [-0.3, -0.25) is 4.79 Å². The molecular weight excluding hydrogens is 406 g/mol. The monoisotopic (exact) mass is 433 g/mol. The minimum absolute atomic E-state index is 0.111. The molecule has 1 aliphatic rings. The number of H-pyrrole nitrogens is 1. The third-order valence-electron chi connectivity index (χ3n) is 6.24. The molecule has 1 fully saturated rings. The van der Waals surface area contributed by atoms with E-state index in [9.17, 15) is 4.79 Å². The van der Waals surface area contributed by atoms with Crippen molar-refractivity contribution in [3.05, 3.63) is 36.9 Å². The van der Waals surface area contributed by atoms with E-state index in [1.165, 1.54) is 0 Å². The number of nitrogens with one attached hydrogen (secondary N) is 2. The number of pyridine rings is 1. The van der Waals surface area contributed by atoms with E-state index in [4.69, 9.17) is 9.72 Å². The normalized spacial score (nSPS) is 18.7. The molecule has 0 radical (unpaired) electrons. The molecule has 0 saturated heterocycles. The Labute approximate surface area is 185 Å². The SMILES string of the molecule is COc1nc(NC2CCC(C(=O)N(C)C)CC2)nc2[nH]cc(-c3ccc4nccn4c3)c12. The van der Waals surface area contributed by atoms with Crippen LogP contribution in [0.15, 0.2) is 36.9 Å². The van der Waals surface area contributed by atoms with Gasteiger partial charge in [-0.25, -0.2) is 4.98 Å². The van der Waals surface area contributed by atoms with Crippen molar-refractivity contribution < 1.29 is 9.53 Å². The van der Waals surface area contributed by atoms with Crippen LogP contribution in [-0.2, 0) is 4.79 Å². The van der Waals surface area contributed by atoms with E-state index in [0.717, 1.165) is 53.5 Å². The predicted octanol–water partition coefficient (Wildman–Crippen LogP) is 3.34. The van der Waals surface area contributed by atoms with Gasteiger partial charge in [0.15, 0.2) is 0 Å². The molecule has 5 rings (SSSR count). The molecule has 1 amide bonds. The number of hydrogen-bond donors (Lipinski definition) is 2. The highest BCUT2D eigenvalue weighted by Gasteiger charge is 2.28. The average molecular weight is 434 g/mol. The first-order valence-corrected chi connectivity index (χ1v) is 10.9. The molecule has 1 aliphatic carbocycles. The fourth-order valence-electron chi connectivity index (χ4n) is 4.55. The number of hydrogen-bond acceptors (Lipinski definition) is 6. The number of aromatic nitrogens is 5. The summed E-state index contributed by atoms with van der Waals surface area (Å²) in [7, 11) is 5.26. The second kappa shape index (κ2) is 8.14. The van der Waals surface area contributed by atoms with Gasteiger partial charge in [0.2, 0.25) is 17.7 Å². The minimum Gasteiger partial charge on any atom is -0.480 e. The Balaban J connectivity index is 1.39. The van der Waals surface area contributed by atoms with Crippen molar-refractivity contribution in [1.82, 2.24) is 29.2 Å². The second-order valence-corrected chi connectivity index (χ2v) is 8.52. The summed E-state index contributed by atoms with van der Waals surface area (Å²) in [4.78, 5) is 30.8. The van der Waals surface area contributed by atoms with E-state index in [2.05, 4.69) is 20.3 Å². The van der Waals surface area contributed by atoms with Crippen LogP contribution in [-0.4, -0.2) is 62.4 Å². The lowest BCUT2D eigenvalue weighted by atomic mass is 9.85. The maximum absolute atomic E-state index is 12.2. The van der Waals surface area contributed by atoms with Gasteiger partial charge in [-0.1, -0.05) is 0 Å². The number of aromatic amines is 1. The van der Waals surface area contributed by atoms with E-state index in [1.807, 2.05) is 49.2 Å². The molecule has 9 nitrogen and oxygen atoms in total. The van der Waals surface area contributed by atoms with Gasteiger partial charge in [0.1, 0.15) is 11.3 Å². The molecule has 0 aliphatic heterocycles. The number of carbonyl (C=O) groups excluding carboxylic acids is 1. The van der Waals surface area contributed by atoms with Gasteiger partial charge in [0.25, 0.3) is 0 Å². The molecule has 0 bridgehead atoms. The third kappa shape index (κ3) is 3.63. The van der Waals surface area contributed by atoms with Gasteiger partial charge in [-0.2, -0.15) is 9.97 Å². The fourth-order valence-corrected chi connectivity index (χ4v) is 4.55. The fraction of sp³-hybridized carbons (Fsp3) is 0.391. The molecule has 1 saturated carbocycles. The average Bonchev–Trinajstić information content (AvgIpc) is 3.45. The van der Waals surface area contributed by atoms with Gasteiger partial charge >= 0.3 is 0 Å². The maximum Gasteiger partial charge on any atom is 0.228 e. The van der Waals surface area contributed by atoms with Crippen molar-refractivity contribution >= 4 is 28.5 Å². The Morgan fingerprint density at radius 2 is 2.03 bits per heavy atom. The summed E-state index contributed by atoms with van der Waals surface area (Å²) >= 11 is 0. The van der Waals surface area contributed by atoms with E-state index in [0.29, 0.717) is 11.8 Å². The Morgan fingerprint density at radius 3 is 2.78 bits per heavy atom. The number of amides is 1. The quantitative estimate of drug-likeness (QED) is 0.501. The molecule has 166 valence electrons. The lowest BCUT2D eigenvalue weighted by Crippen LogP contribution is -2.35. The van der Waals surface area contributed by atoms with Gasteiger partial charge in [-0.15, -0.1) is 0 Å². The predicted molar refractivity (Wildman–Crippen MR) is 123 cm³/mol. The smallest absolute Gasteiger partial charge is 0.228 e. The highest BCUT2D eigenvalue weighted by atomic mass is 16.5. The number of fused-ring (bicyclic) bond motifs is 2. The molecule has 4 aromatic heterocycles. The number of imidazole rings is 1. The molecule has 32 heavy (non-hydrogen) atoms. The maximum atomic E-state index is 12.2. The first-order chi connectivity index (χ1) is 15.5. The van der Waals surface area contributed by atoms with Crippen molar-refractivity contribution in [1.29, 1.82) is 0 Å². The third-order valence-corrected chi connectivity index (χ3v) is 6.24. The summed E-state index contributed by atoms with van der Waals surface area (Å²) in [5.41, 5.74) is 3.61. The first kappa shape index (κ1) is 20.3. The van der Waals surface area contributed by atoms with Crippen LogP contribution in [0.25, 0.3) is 27.8 Å². The van der Waals surface area contributed by atoms with E-state index in [-0.39, 0.29) is 17.9 Å². The van der Waals surface area contributed by atoms with Gasteiger partial charge in [0.05, 0.1) is 12.5 Å². The van der Waals surface area contributed by atoms with Crippen LogP contribution in [0.5, 0.6) is 5.88 Å². The van der Waals surface area contributed by atoms with Gasteiger partial charge in [0, 0.05) is 62.0 Å². The van der Waals surface area contributed by atoms with E-state index < -0.39 is 0 Å². The number of anilines is 1. The zero-order chi connectivity index (χ0) is 22.2. The van der Waals surface area contributed by atoms with Crippen molar-refractivity contribution in [3.8, 4) is 17.0 Å². The van der Waals surface area contributed by atoms with Crippen molar-refractivity contribution in [2.45, 2.75) is 31.7 Å². The summed E-state index contributed by atoms with van der Waals surface area (Å²) in [6.07, 6.45) is 11.2. The van der Waals surface area contributed by atoms with Gasteiger partial charge in [-0.05, 0) is 37.8 Å². The standard InChI is InChI=1S/C23H27N7O2/c1-29(2)22(31)14-4-7-16(8-5-14)26-23-27-20-19(21(28-23)32-3)17(12-25-20)15-6-9-18-24-10-11-30(18)13-15/h6,9-14,16H,4-5,7-8H2,1-3H3,(H2,25,26,27,28). The lowest BCUT2D eigenvalue weighted by molar-refractivity contribution is -0.133. The van der Waals surface area contributed by atoms with Crippen molar-refractivity contribution in [2.24, 2.45) is 5.92 Å². The largest absolute Gasteiger partial charge is 0.480 e. The van der Waals surface area contributed by atoms with E-state index >= 15 is 0 Å². The highest BCUT2D eigenvalue weighted by molar-refractivity contribution is 5.97. The Morgan fingerprint density at radius 1 is 1.22 bits per heavy atom. The van der Waals surface area contributed by atoms with Crippen LogP contribution in [0, 0.1) is 5.92 Å². The number of rotatable bonds is 5. The summed E-state index contributed by atoms with van der Waals surface area (Å²) in [5.74, 6) is 1.39. The summed E-state index contributed by atoms with van der Waals surface area (Å²) < 4.78 is 7.63. The van der Waals surface area contributed by atoms with Crippen molar-refractivity contribution in [2.75, 3.05) is 26.5 Å². The second-order valence-electron chi connectivity index (χ2n) is 8.52. The molecule has 0 unspecified atom stereocenters.